The van der Waals surface area contributed by atoms with E-state index < -0.39 is 22.4 Å². The van der Waals surface area contributed by atoms with Gasteiger partial charge < -0.3 is 5.73 Å². The smallest absolute Gasteiger partial charge is 0.142 e. The van der Waals surface area contributed by atoms with E-state index in [4.69, 9.17) is 5.73 Å². The average molecular weight is 247 g/mol. The molecular formula is C11H15F2NOS. The number of halogens is 2. The second-order valence-electron chi connectivity index (χ2n) is 3.48. The molecule has 0 aliphatic rings. The normalized spacial score (nSPS) is 14.8. The van der Waals surface area contributed by atoms with Gasteiger partial charge in [-0.3, -0.25) is 4.21 Å². The SMILES string of the molecule is CCC(CCN)S(=O)c1ccc(F)cc1F. The fourth-order valence-corrected chi connectivity index (χ4v) is 2.93. The molecule has 2 atom stereocenters. The fourth-order valence-electron chi connectivity index (χ4n) is 1.47. The van der Waals surface area contributed by atoms with Crippen LogP contribution in [0.4, 0.5) is 8.78 Å². The molecular weight excluding hydrogens is 232 g/mol. The van der Waals surface area contributed by atoms with E-state index in [1.165, 1.54) is 6.07 Å². The van der Waals surface area contributed by atoms with Crippen LogP contribution in [0, 0.1) is 11.6 Å². The highest BCUT2D eigenvalue weighted by Gasteiger charge is 2.19. The Morgan fingerprint density at radius 1 is 1.44 bits per heavy atom. The molecule has 0 spiro atoms. The van der Waals surface area contributed by atoms with Gasteiger partial charge in [-0.1, -0.05) is 6.92 Å². The molecule has 0 aromatic heterocycles. The Kier molecular flexibility index (Phi) is 5.02. The van der Waals surface area contributed by atoms with Gasteiger partial charge in [0.15, 0.2) is 0 Å². The lowest BCUT2D eigenvalue weighted by atomic mass is 10.2. The van der Waals surface area contributed by atoms with Crippen molar-refractivity contribution in [3.05, 3.63) is 29.8 Å². The van der Waals surface area contributed by atoms with Crippen molar-refractivity contribution in [2.24, 2.45) is 5.73 Å². The molecule has 0 amide bonds. The third kappa shape index (κ3) is 3.09. The quantitative estimate of drug-likeness (QED) is 0.866. The first-order valence-electron chi connectivity index (χ1n) is 5.15. The first-order valence-corrected chi connectivity index (χ1v) is 6.37. The van der Waals surface area contributed by atoms with E-state index in [-0.39, 0.29) is 10.1 Å². The van der Waals surface area contributed by atoms with Gasteiger partial charge in [0.05, 0.1) is 15.7 Å². The zero-order valence-electron chi connectivity index (χ0n) is 9.08. The summed E-state index contributed by atoms with van der Waals surface area (Å²) in [4.78, 5) is 0.0571. The molecule has 0 saturated heterocycles. The van der Waals surface area contributed by atoms with Crippen LogP contribution < -0.4 is 5.73 Å². The number of hydrogen-bond donors (Lipinski definition) is 1. The molecule has 0 heterocycles. The van der Waals surface area contributed by atoms with E-state index in [9.17, 15) is 13.0 Å². The monoisotopic (exact) mass is 247 g/mol. The molecule has 0 fully saturated rings. The minimum Gasteiger partial charge on any atom is -0.330 e. The van der Waals surface area contributed by atoms with Gasteiger partial charge in [0.2, 0.25) is 0 Å². The molecule has 1 rings (SSSR count). The summed E-state index contributed by atoms with van der Waals surface area (Å²) in [6.07, 6.45) is 1.22. The lowest BCUT2D eigenvalue weighted by Gasteiger charge is -2.13. The summed E-state index contributed by atoms with van der Waals surface area (Å²) < 4.78 is 38.0. The summed E-state index contributed by atoms with van der Waals surface area (Å²) in [5.74, 6) is -1.42. The average Bonchev–Trinajstić information content (AvgIpc) is 2.25. The Morgan fingerprint density at radius 2 is 2.12 bits per heavy atom. The molecule has 2 unspecified atom stereocenters. The highest BCUT2D eigenvalue weighted by atomic mass is 32.2. The molecule has 5 heteroatoms. The summed E-state index contributed by atoms with van der Waals surface area (Å²) in [6, 6.07) is 3.10. The van der Waals surface area contributed by atoms with Crippen molar-refractivity contribution >= 4 is 10.8 Å². The Labute approximate surface area is 96.3 Å². The van der Waals surface area contributed by atoms with Crippen molar-refractivity contribution in [2.45, 2.75) is 29.9 Å². The van der Waals surface area contributed by atoms with E-state index in [0.29, 0.717) is 19.4 Å². The minimum atomic E-state index is -1.46. The summed E-state index contributed by atoms with van der Waals surface area (Å²) >= 11 is 0. The fraction of sp³-hybridized carbons (Fsp3) is 0.455. The lowest BCUT2D eigenvalue weighted by Crippen LogP contribution is -2.19. The van der Waals surface area contributed by atoms with E-state index in [0.717, 1.165) is 12.1 Å². The standard InChI is InChI=1S/C11H15F2NOS/c1-2-9(5-6-14)16(15)11-4-3-8(12)7-10(11)13/h3-4,7,9H,2,5-6,14H2,1H3. The van der Waals surface area contributed by atoms with E-state index in [1.54, 1.807) is 0 Å². The van der Waals surface area contributed by atoms with Crippen molar-refractivity contribution in [1.29, 1.82) is 0 Å². The zero-order valence-corrected chi connectivity index (χ0v) is 9.90. The first kappa shape index (κ1) is 13.3. The molecule has 0 bridgehead atoms. The predicted molar refractivity (Wildman–Crippen MR) is 60.5 cm³/mol. The van der Waals surface area contributed by atoms with E-state index >= 15 is 0 Å². The Bertz CT molecular complexity index is 384. The van der Waals surface area contributed by atoms with Crippen molar-refractivity contribution in [2.75, 3.05) is 6.54 Å². The second kappa shape index (κ2) is 6.06. The van der Waals surface area contributed by atoms with Crippen LogP contribution in [0.15, 0.2) is 23.1 Å². The Balaban J connectivity index is 2.94. The van der Waals surface area contributed by atoms with Gasteiger partial charge in [-0.2, -0.15) is 0 Å². The number of rotatable bonds is 5. The van der Waals surface area contributed by atoms with Crippen molar-refractivity contribution in [3.8, 4) is 0 Å². The molecule has 90 valence electrons. The Hall–Kier alpha value is -0.810. The van der Waals surface area contributed by atoms with Crippen molar-refractivity contribution in [3.63, 3.8) is 0 Å². The van der Waals surface area contributed by atoms with Gasteiger partial charge in [0.25, 0.3) is 0 Å². The molecule has 2 N–H and O–H groups in total. The van der Waals surface area contributed by atoms with Crippen molar-refractivity contribution < 1.29 is 13.0 Å². The largest absolute Gasteiger partial charge is 0.330 e. The van der Waals surface area contributed by atoms with Gasteiger partial charge in [0, 0.05) is 11.3 Å². The maximum absolute atomic E-state index is 13.4. The summed E-state index contributed by atoms with van der Waals surface area (Å²) in [5, 5.41) is -0.176. The number of hydrogen-bond acceptors (Lipinski definition) is 2. The predicted octanol–water partition coefficient (Wildman–Crippen LogP) is 2.20. The summed E-state index contributed by atoms with van der Waals surface area (Å²) in [6.45, 7) is 2.28. The van der Waals surface area contributed by atoms with Crippen LogP contribution in [0.5, 0.6) is 0 Å². The van der Waals surface area contributed by atoms with Gasteiger partial charge in [0.1, 0.15) is 11.6 Å². The molecule has 1 aromatic carbocycles. The molecule has 2 nitrogen and oxygen atoms in total. The van der Waals surface area contributed by atoms with Crippen LogP contribution in [0.3, 0.4) is 0 Å². The highest BCUT2D eigenvalue weighted by molar-refractivity contribution is 7.85. The summed E-state index contributed by atoms with van der Waals surface area (Å²) in [5.41, 5.74) is 5.39. The molecule has 0 radical (unpaired) electrons. The maximum Gasteiger partial charge on any atom is 0.142 e. The maximum atomic E-state index is 13.4. The van der Waals surface area contributed by atoms with Gasteiger partial charge in [-0.15, -0.1) is 0 Å². The van der Waals surface area contributed by atoms with Gasteiger partial charge in [-0.05, 0) is 31.5 Å². The zero-order chi connectivity index (χ0) is 12.1. The number of nitrogens with two attached hydrogens (primary N) is 1. The molecule has 16 heavy (non-hydrogen) atoms. The second-order valence-corrected chi connectivity index (χ2v) is 5.18. The van der Waals surface area contributed by atoms with Gasteiger partial charge >= 0.3 is 0 Å². The highest BCUT2D eigenvalue weighted by Crippen LogP contribution is 2.19. The molecule has 1 aromatic rings. The van der Waals surface area contributed by atoms with E-state index in [1.807, 2.05) is 6.92 Å². The van der Waals surface area contributed by atoms with Crippen LogP contribution in [-0.2, 0) is 10.8 Å². The Morgan fingerprint density at radius 3 is 2.62 bits per heavy atom. The molecule has 0 aliphatic heterocycles. The molecule has 0 aliphatic carbocycles. The topological polar surface area (TPSA) is 43.1 Å². The molecule has 0 saturated carbocycles. The van der Waals surface area contributed by atoms with E-state index in [2.05, 4.69) is 0 Å². The number of benzene rings is 1. The summed E-state index contributed by atoms with van der Waals surface area (Å²) in [7, 11) is -1.46. The van der Waals surface area contributed by atoms with Crippen LogP contribution >= 0.6 is 0 Å². The van der Waals surface area contributed by atoms with Crippen LogP contribution in [0.1, 0.15) is 19.8 Å². The van der Waals surface area contributed by atoms with Crippen LogP contribution in [0.25, 0.3) is 0 Å². The third-order valence-electron chi connectivity index (χ3n) is 2.36. The van der Waals surface area contributed by atoms with Crippen LogP contribution in [-0.4, -0.2) is 16.0 Å². The van der Waals surface area contributed by atoms with Crippen LogP contribution in [0.2, 0.25) is 0 Å². The third-order valence-corrected chi connectivity index (χ3v) is 4.30. The van der Waals surface area contributed by atoms with Crippen molar-refractivity contribution in [1.82, 2.24) is 0 Å². The lowest BCUT2D eigenvalue weighted by molar-refractivity contribution is 0.559. The minimum absolute atomic E-state index is 0.0571. The first-order chi connectivity index (χ1) is 7.60. The van der Waals surface area contributed by atoms with Gasteiger partial charge in [-0.25, -0.2) is 8.78 Å².